The van der Waals surface area contributed by atoms with Crippen LogP contribution >= 0.6 is 0 Å². The summed E-state index contributed by atoms with van der Waals surface area (Å²) in [6.07, 6.45) is 1.46. The van der Waals surface area contributed by atoms with Crippen LogP contribution in [-0.2, 0) is 11.2 Å². The Bertz CT molecular complexity index is 926. The Morgan fingerprint density at radius 3 is 2.22 bits per heavy atom. The second kappa shape index (κ2) is 8.39. The molecular formula is C19H20O8. The molecule has 144 valence electrons. The van der Waals surface area contributed by atoms with Gasteiger partial charge in [-0.25, -0.2) is 4.79 Å². The first-order chi connectivity index (χ1) is 12.9. The molecule has 0 saturated carbocycles. The maximum Gasteiger partial charge on any atom is 0.338 e. The van der Waals surface area contributed by atoms with Crippen molar-refractivity contribution in [3.05, 3.63) is 51.1 Å². The third-order valence-corrected chi connectivity index (χ3v) is 3.96. The molecule has 1 aromatic heterocycles. The Morgan fingerprint density at radius 1 is 1.00 bits per heavy atom. The van der Waals surface area contributed by atoms with E-state index in [9.17, 15) is 14.4 Å². The highest BCUT2D eigenvalue weighted by molar-refractivity contribution is 6.16. The maximum atomic E-state index is 13.1. The Kier molecular flexibility index (Phi) is 6.23. The molecule has 0 amide bonds. The Labute approximate surface area is 155 Å². The number of hydrogen-bond acceptors (Lipinski definition) is 8. The van der Waals surface area contributed by atoms with E-state index in [-0.39, 0.29) is 33.9 Å². The molecule has 0 aliphatic rings. The minimum Gasteiger partial charge on any atom is -0.497 e. The zero-order chi connectivity index (χ0) is 20.1. The molecule has 8 heteroatoms. The average Bonchev–Trinajstić information content (AvgIpc) is 2.70. The summed E-state index contributed by atoms with van der Waals surface area (Å²) in [5, 5.41) is 0. The molecule has 27 heavy (non-hydrogen) atoms. The van der Waals surface area contributed by atoms with Gasteiger partial charge in [0.05, 0.1) is 39.6 Å². The second-order valence-corrected chi connectivity index (χ2v) is 5.36. The molecule has 0 unspecified atom stereocenters. The molecule has 0 radical (unpaired) electrons. The molecule has 0 N–H and O–H groups in total. The van der Waals surface area contributed by atoms with Crippen LogP contribution in [0.1, 0.15) is 39.0 Å². The van der Waals surface area contributed by atoms with E-state index >= 15 is 0 Å². The molecular weight excluding hydrogens is 356 g/mol. The molecule has 0 saturated heterocycles. The van der Waals surface area contributed by atoms with E-state index < -0.39 is 17.2 Å². The smallest absolute Gasteiger partial charge is 0.338 e. The van der Waals surface area contributed by atoms with E-state index in [1.807, 2.05) is 0 Å². The molecule has 0 atom stereocenters. The lowest BCUT2D eigenvalue weighted by Gasteiger charge is -2.14. The summed E-state index contributed by atoms with van der Waals surface area (Å²) in [4.78, 5) is 38.0. The molecule has 0 spiro atoms. The van der Waals surface area contributed by atoms with E-state index in [0.717, 1.165) is 6.26 Å². The van der Waals surface area contributed by atoms with Crippen LogP contribution in [0, 0.1) is 0 Å². The van der Waals surface area contributed by atoms with Crippen LogP contribution in [-0.4, -0.2) is 40.2 Å². The molecule has 0 bridgehead atoms. The number of methoxy groups -OCH3 is 4. The van der Waals surface area contributed by atoms with Crippen LogP contribution < -0.4 is 19.6 Å². The highest BCUT2D eigenvalue weighted by Crippen LogP contribution is 2.31. The zero-order valence-electron chi connectivity index (χ0n) is 15.7. The zero-order valence-corrected chi connectivity index (χ0v) is 15.7. The van der Waals surface area contributed by atoms with E-state index in [2.05, 4.69) is 0 Å². The monoisotopic (exact) mass is 376 g/mol. The van der Waals surface area contributed by atoms with Crippen molar-refractivity contribution in [2.75, 3.05) is 28.4 Å². The average molecular weight is 376 g/mol. The fourth-order valence-corrected chi connectivity index (χ4v) is 2.60. The van der Waals surface area contributed by atoms with Crippen LogP contribution in [0.3, 0.4) is 0 Å². The lowest BCUT2D eigenvalue weighted by molar-refractivity contribution is 0.0596. The first-order valence-corrected chi connectivity index (χ1v) is 8.01. The molecule has 2 aromatic rings. The van der Waals surface area contributed by atoms with Crippen molar-refractivity contribution < 1.29 is 33.0 Å². The third-order valence-electron chi connectivity index (χ3n) is 3.96. The second-order valence-electron chi connectivity index (χ2n) is 5.36. The quantitative estimate of drug-likeness (QED) is 0.536. The number of rotatable bonds is 7. The number of aryl methyl sites for hydroxylation is 1. The van der Waals surface area contributed by atoms with Crippen molar-refractivity contribution in [1.82, 2.24) is 0 Å². The van der Waals surface area contributed by atoms with Gasteiger partial charge in [0.1, 0.15) is 29.1 Å². The summed E-state index contributed by atoms with van der Waals surface area (Å²) in [6.45, 7) is 1.78. The van der Waals surface area contributed by atoms with Gasteiger partial charge in [0.25, 0.3) is 0 Å². The highest BCUT2D eigenvalue weighted by Gasteiger charge is 2.28. The first-order valence-electron chi connectivity index (χ1n) is 8.01. The summed E-state index contributed by atoms with van der Waals surface area (Å²) >= 11 is 0. The largest absolute Gasteiger partial charge is 0.497 e. The van der Waals surface area contributed by atoms with Gasteiger partial charge >= 0.3 is 5.97 Å². The molecule has 0 aliphatic carbocycles. The Morgan fingerprint density at radius 2 is 1.70 bits per heavy atom. The van der Waals surface area contributed by atoms with Crippen molar-refractivity contribution >= 4 is 11.8 Å². The van der Waals surface area contributed by atoms with E-state index in [1.165, 1.54) is 40.6 Å². The standard InChI is InChI=1S/C19H20O8/c1-6-13-18(25-4)17(21)12(9-27-13)16(20)15-11(19(22)26-5)7-10(23-2)8-14(15)24-3/h7-9H,6H2,1-5H3. The lowest BCUT2D eigenvalue weighted by Crippen LogP contribution is -2.21. The van der Waals surface area contributed by atoms with E-state index in [1.54, 1.807) is 6.92 Å². The fourth-order valence-electron chi connectivity index (χ4n) is 2.60. The highest BCUT2D eigenvalue weighted by atomic mass is 16.5. The number of carbonyl (C=O) groups excluding carboxylic acids is 2. The van der Waals surface area contributed by atoms with Crippen LogP contribution in [0.5, 0.6) is 17.2 Å². The number of benzene rings is 1. The van der Waals surface area contributed by atoms with Crippen molar-refractivity contribution in [3.8, 4) is 17.2 Å². The molecule has 1 heterocycles. The van der Waals surface area contributed by atoms with Crippen LogP contribution in [0.15, 0.2) is 27.6 Å². The van der Waals surface area contributed by atoms with Crippen molar-refractivity contribution in [1.29, 1.82) is 0 Å². The van der Waals surface area contributed by atoms with Gasteiger partial charge in [-0.2, -0.15) is 0 Å². The van der Waals surface area contributed by atoms with Crippen molar-refractivity contribution in [3.63, 3.8) is 0 Å². The van der Waals surface area contributed by atoms with E-state index in [4.69, 9.17) is 23.4 Å². The van der Waals surface area contributed by atoms with E-state index in [0.29, 0.717) is 12.2 Å². The van der Waals surface area contributed by atoms with Gasteiger partial charge in [0, 0.05) is 12.5 Å². The SMILES string of the molecule is CCc1occ(C(=O)c2c(OC)cc(OC)cc2C(=O)OC)c(=O)c1OC. The van der Waals surface area contributed by atoms with Crippen LogP contribution in [0.25, 0.3) is 0 Å². The first kappa shape index (κ1) is 20.0. The molecule has 0 fully saturated rings. The Balaban J connectivity index is 2.76. The minimum atomic E-state index is -0.780. The van der Waals surface area contributed by atoms with Crippen LogP contribution in [0.4, 0.5) is 0 Å². The number of carbonyl (C=O) groups is 2. The Hall–Kier alpha value is -3.29. The van der Waals surface area contributed by atoms with Crippen molar-refractivity contribution in [2.24, 2.45) is 0 Å². The number of ether oxygens (including phenoxy) is 4. The topological polar surface area (TPSA) is 101 Å². The lowest BCUT2D eigenvalue weighted by atomic mass is 9.97. The van der Waals surface area contributed by atoms with Gasteiger partial charge in [-0.15, -0.1) is 0 Å². The van der Waals surface area contributed by atoms with Crippen LogP contribution in [0.2, 0.25) is 0 Å². The number of esters is 1. The normalized spacial score (nSPS) is 10.3. The minimum absolute atomic E-state index is 0.0534. The predicted octanol–water partition coefficient (Wildman–Crippen LogP) is 2.25. The predicted molar refractivity (Wildman–Crippen MR) is 95.2 cm³/mol. The maximum absolute atomic E-state index is 13.1. The molecule has 2 rings (SSSR count). The summed E-state index contributed by atoms with van der Waals surface area (Å²) in [5.41, 5.74) is -1.17. The summed E-state index contributed by atoms with van der Waals surface area (Å²) < 4.78 is 25.6. The summed E-state index contributed by atoms with van der Waals surface area (Å²) in [7, 11) is 5.22. The van der Waals surface area contributed by atoms with Gasteiger partial charge in [0.15, 0.2) is 0 Å². The van der Waals surface area contributed by atoms with Crippen molar-refractivity contribution in [2.45, 2.75) is 13.3 Å². The van der Waals surface area contributed by atoms with Gasteiger partial charge in [-0.1, -0.05) is 6.92 Å². The molecule has 1 aromatic carbocycles. The summed E-state index contributed by atoms with van der Waals surface area (Å²) in [5.74, 6) is -0.946. The molecule has 0 aliphatic heterocycles. The summed E-state index contributed by atoms with van der Waals surface area (Å²) in [6, 6.07) is 2.76. The van der Waals surface area contributed by atoms with Gasteiger partial charge in [-0.3, -0.25) is 9.59 Å². The number of ketones is 1. The number of hydrogen-bond donors (Lipinski definition) is 0. The third kappa shape index (κ3) is 3.64. The molecule has 8 nitrogen and oxygen atoms in total. The van der Waals surface area contributed by atoms with Gasteiger partial charge in [-0.05, 0) is 6.07 Å². The van der Waals surface area contributed by atoms with Gasteiger partial charge in [0.2, 0.25) is 17.0 Å². The van der Waals surface area contributed by atoms with Gasteiger partial charge < -0.3 is 23.4 Å². The fraction of sp³-hybridized carbons (Fsp3) is 0.316.